The molecule has 1 aliphatic heterocycles. The van der Waals surface area contributed by atoms with Crippen LogP contribution in [0.4, 0.5) is 0 Å². The van der Waals surface area contributed by atoms with Crippen LogP contribution in [0.5, 0.6) is 0 Å². The van der Waals surface area contributed by atoms with Gasteiger partial charge in [0.15, 0.2) is 11.5 Å². The monoisotopic (exact) mass is 183 g/mol. The Hall–Kier alpha value is -0.830. The summed E-state index contributed by atoms with van der Waals surface area (Å²) in [5.74, 6) is 0.445. The highest BCUT2D eigenvalue weighted by Gasteiger charge is 2.34. The lowest BCUT2D eigenvalue weighted by atomic mass is 9.86. The molecule has 3 nitrogen and oxygen atoms in total. The normalized spacial score (nSPS) is 24.1. The molecule has 0 amide bonds. The van der Waals surface area contributed by atoms with Gasteiger partial charge in [-0.15, -0.1) is 5.06 Å². The molecule has 0 spiro atoms. The number of ketones is 1. The van der Waals surface area contributed by atoms with Gasteiger partial charge in [-0.05, 0) is 11.5 Å². The van der Waals surface area contributed by atoms with E-state index in [4.69, 9.17) is 4.84 Å². The third kappa shape index (κ3) is 2.10. The number of allylic oxidation sites excluding steroid dienone is 1. The third-order valence-electron chi connectivity index (χ3n) is 2.18. The summed E-state index contributed by atoms with van der Waals surface area (Å²) in [7, 11) is 1.85. The van der Waals surface area contributed by atoms with Gasteiger partial charge in [0.1, 0.15) is 0 Å². The predicted octanol–water partition coefficient (Wildman–Crippen LogP) is 1.75. The lowest BCUT2D eigenvalue weighted by Gasteiger charge is -2.29. The largest absolute Gasteiger partial charge is 0.402 e. The minimum atomic E-state index is -0.0152. The SMILES string of the molecule is CC(=O)C1=CC(C(C)(C)C)N(C)O1. The minimum absolute atomic E-state index is 0.0152. The Morgan fingerprint density at radius 2 is 2.08 bits per heavy atom. The van der Waals surface area contributed by atoms with Crippen LogP contribution >= 0.6 is 0 Å². The number of carbonyl (C=O) groups excluding carboxylic acids is 1. The van der Waals surface area contributed by atoms with Crippen molar-refractivity contribution in [1.82, 2.24) is 5.06 Å². The minimum Gasteiger partial charge on any atom is -0.402 e. The summed E-state index contributed by atoms with van der Waals surface area (Å²) in [5.41, 5.74) is 0.0892. The molecule has 0 aromatic rings. The molecule has 13 heavy (non-hydrogen) atoms. The molecule has 1 unspecified atom stereocenters. The average molecular weight is 183 g/mol. The molecule has 1 heterocycles. The quantitative estimate of drug-likeness (QED) is 0.620. The van der Waals surface area contributed by atoms with Crippen molar-refractivity contribution in [2.24, 2.45) is 5.41 Å². The zero-order valence-corrected chi connectivity index (χ0v) is 8.92. The Kier molecular flexibility index (Phi) is 2.48. The molecule has 1 atom stereocenters. The summed E-state index contributed by atoms with van der Waals surface area (Å²) >= 11 is 0. The Labute approximate surface area is 79.3 Å². The average Bonchev–Trinajstić information content (AvgIpc) is 2.29. The summed E-state index contributed by atoms with van der Waals surface area (Å²) in [5, 5.41) is 1.73. The summed E-state index contributed by atoms with van der Waals surface area (Å²) in [6.07, 6.45) is 1.89. The molecule has 0 aromatic heterocycles. The molecule has 0 fully saturated rings. The van der Waals surface area contributed by atoms with Crippen molar-refractivity contribution in [3.05, 3.63) is 11.8 Å². The number of hydrogen-bond acceptors (Lipinski definition) is 3. The van der Waals surface area contributed by atoms with Crippen LogP contribution in [0, 0.1) is 5.41 Å². The van der Waals surface area contributed by atoms with Gasteiger partial charge in [0.2, 0.25) is 0 Å². The molecule has 74 valence electrons. The van der Waals surface area contributed by atoms with Gasteiger partial charge >= 0.3 is 0 Å². The Balaban J connectivity index is 2.84. The van der Waals surface area contributed by atoms with E-state index in [1.165, 1.54) is 6.92 Å². The van der Waals surface area contributed by atoms with Crippen molar-refractivity contribution < 1.29 is 9.63 Å². The Morgan fingerprint density at radius 3 is 2.31 bits per heavy atom. The van der Waals surface area contributed by atoms with E-state index in [0.29, 0.717) is 5.76 Å². The van der Waals surface area contributed by atoms with Crippen LogP contribution in [0.15, 0.2) is 11.8 Å². The molecular formula is C10H17NO2. The molecule has 0 bridgehead atoms. The van der Waals surface area contributed by atoms with Crippen LogP contribution in [0.2, 0.25) is 0 Å². The van der Waals surface area contributed by atoms with Crippen LogP contribution in [0.3, 0.4) is 0 Å². The Morgan fingerprint density at radius 1 is 1.54 bits per heavy atom. The van der Waals surface area contributed by atoms with Gasteiger partial charge in [0.05, 0.1) is 6.04 Å². The van der Waals surface area contributed by atoms with Crippen molar-refractivity contribution in [2.75, 3.05) is 7.05 Å². The van der Waals surface area contributed by atoms with Crippen molar-refractivity contribution >= 4 is 5.78 Å². The number of rotatable bonds is 1. The first-order valence-electron chi connectivity index (χ1n) is 4.46. The van der Waals surface area contributed by atoms with Crippen LogP contribution in [-0.2, 0) is 9.63 Å². The fourth-order valence-corrected chi connectivity index (χ4v) is 1.47. The first kappa shape index (κ1) is 10.3. The second-order valence-corrected chi connectivity index (χ2v) is 4.54. The molecule has 1 rings (SSSR count). The third-order valence-corrected chi connectivity index (χ3v) is 2.18. The maximum absolute atomic E-state index is 11.0. The van der Waals surface area contributed by atoms with E-state index >= 15 is 0 Å². The number of Topliss-reactive ketones (excluding diaryl/α,β-unsaturated/α-hetero) is 1. The van der Waals surface area contributed by atoms with Crippen molar-refractivity contribution in [3.63, 3.8) is 0 Å². The van der Waals surface area contributed by atoms with Gasteiger partial charge in [0, 0.05) is 14.0 Å². The molecular weight excluding hydrogens is 166 g/mol. The van der Waals surface area contributed by atoms with E-state index in [9.17, 15) is 4.79 Å². The van der Waals surface area contributed by atoms with E-state index < -0.39 is 0 Å². The molecule has 0 saturated heterocycles. The van der Waals surface area contributed by atoms with Crippen molar-refractivity contribution in [2.45, 2.75) is 33.7 Å². The summed E-state index contributed by atoms with van der Waals surface area (Å²) in [4.78, 5) is 16.4. The van der Waals surface area contributed by atoms with E-state index in [-0.39, 0.29) is 17.2 Å². The maximum Gasteiger partial charge on any atom is 0.196 e. The highest BCUT2D eigenvalue weighted by Crippen LogP contribution is 2.30. The number of hydroxylamine groups is 2. The number of nitrogens with zero attached hydrogens (tertiary/aromatic N) is 1. The standard InChI is InChI=1S/C10H17NO2/c1-7(12)8-6-9(10(2,3)4)11(5)13-8/h6,9H,1-5H3. The van der Waals surface area contributed by atoms with Crippen molar-refractivity contribution in [3.8, 4) is 0 Å². The number of hydrogen-bond donors (Lipinski definition) is 0. The molecule has 0 aromatic carbocycles. The smallest absolute Gasteiger partial charge is 0.196 e. The van der Waals surface area contributed by atoms with Gasteiger partial charge in [0.25, 0.3) is 0 Å². The van der Waals surface area contributed by atoms with Crippen LogP contribution in [0.25, 0.3) is 0 Å². The van der Waals surface area contributed by atoms with Gasteiger partial charge in [-0.1, -0.05) is 20.8 Å². The molecule has 0 aliphatic carbocycles. The topological polar surface area (TPSA) is 29.5 Å². The molecule has 3 heteroatoms. The van der Waals surface area contributed by atoms with E-state index in [1.54, 1.807) is 5.06 Å². The number of likely N-dealkylation sites (N-methyl/N-ethyl adjacent to an activating group) is 1. The van der Waals surface area contributed by atoms with Gasteiger partial charge in [-0.25, -0.2) is 0 Å². The fourth-order valence-electron chi connectivity index (χ4n) is 1.47. The maximum atomic E-state index is 11.0. The van der Waals surface area contributed by atoms with Crippen LogP contribution in [-0.4, -0.2) is 23.9 Å². The summed E-state index contributed by atoms with van der Waals surface area (Å²) < 4.78 is 0. The van der Waals surface area contributed by atoms with E-state index in [0.717, 1.165) is 0 Å². The van der Waals surface area contributed by atoms with Gasteiger partial charge < -0.3 is 4.84 Å². The van der Waals surface area contributed by atoms with Crippen LogP contribution < -0.4 is 0 Å². The lowest BCUT2D eigenvalue weighted by Crippen LogP contribution is -2.36. The van der Waals surface area contributed by atoms with Crippen LogP contribution in [0.1, 0.15) is 27.7 Å². The molecule has 0 N–H and O–H groups in total. The summed E-state index contributed by atoms with van der Waals surface area (Å²) in [6, 6.07) is 0.173. The highest BCUT2D eigenvalue weighted by molar-refractivity contribution is 5.91. The zero-order valence-electron chi connectivity index (χ0n) is 8.92. The highest BCUT2D eigenvalue weighted by atomic mass is 16.7. The van der Waals surface area contributed by atoms with Gasteiger partial charge in [-0.3, -0.25) is 4.79 Å². The first-order valence-corrected chi connectivity index (χ1v) is 4.46. The fraction of sp³-hybridized carbons (Fsp3) is 0.700. The second-order valence-electron chi connectivity index (χ2n) is 4.54. The van der Waals surface area contributed by atoms with Crippen molar-refractivity contribution in [1.29, 1.82) is 0 Å². The van der Waals surface area contributed by atoms with E-state index in [1.807, 2.05) is 13.1 Å². The first-order chi connectivity index (χ1) is 5.82. The second kappa shape index (κ2) is 3.14. The Bertz CT molecular complexity index is 250. The number of carbonyl (C=O) groups is 1. The molecule has 0 radical (unpaired) electrons. The lowest BCUT2D eigenvalue weighted by molar-refractivity contribution is -0.137. The predicted molar refractivity (Wildman–Crippen MR) is 50.9 cm³/mol. The van der Waals surface area contributed by atoms with Gasteiger partial charge in [-0.2, -0.15) is 0 Å². The van der Waals surface area contributed by atoms with E-state index in [2.05, 4.69) is 20.8 Å². The molecule has 1 aliphatic rings. The zero-order chi connectivity index (χ0) is 10.2. The summed E-state index contributed by atoms with van der Waals surface area (Å²) in [6.45, 7) is 7.88. The molecule has 0 saturated carbocycles.